The van der Waals surface area contributed by atoms with Gasteiger partial charge in [-0.25, -0.2) is 4.98 Å². The molecule has 27 heavy (non-hydrogen) atoms. The largest absolute Gasteiger partial charge is 0.481 e. The number of rotatable bonds is 6. The van der Waals surface area contributed by atoms with Crippen LogP contribution in [0.5, 0.6) is 0 Å². The Morgan fingerprint density at radius 3 is 2.33 bits per heavy atom. The topological polar surface area (TPSA) is 82.5 Å². The number of hydrogen-bond donors (Lipinski definition) is 2. The van der Waals surface area contributed by atoms with Crippen molar-refractivity contribution in [3.63, 3.8) is 0 Å². The standard InChI is InChI=1S/C21H25N3O3/c25-20(26)14-18(16-8-4-3-5-9-16)23-21(27)17-10-11-19(22-15-17)24-12-6-1-2-7-13-24/h3-5,8-11,15,18H,1-2,6-7,12-14H2,(H,23,27)(H,25,26). The third-order valence-electron chi connectivity index (χ3n) is 4.83. The van der Waals surface area contributed by atoms with Crippen LogP contribution in [-0.4, -0.2) is 35.1 Å². The maximum atomic E-state index is 12.6. The van der Waals surface area contributed by atoms with E-state index in [0.717, 1.165) is 37.3 Å². The van der Waals surface area contributed by atoms with E-state index in [9.17, 15) is 9.59 Å². The number of nitrogens with zero attached hydrogens (tertiary/aromatic N) is 2. The molecule has 1 atom stereocenters. The van der Waals surface area contributed by atoms with Crippen LogP contribution in [-0.2, 0) is 4.79 Å². The van der Waals surface area contributed by atoms with Crippen molar-refractivity contribution in [1.82, 2.24) is 10.3 Å². The summed E-state index contributed by atoms with van der Waals surface area (Å²) in [4.78, 5) is 30.5. The van der Waals surface area contributed by atoms with Gasteiger partial charge in [-0.3, -0.25) is 9.59 Å². The summed E-state index contributed by atoms with van der Waals surface area (Å²) >= 11 is 0. The summed E-state index contributed by atoms with van der Waals surface area (Å²) in [5, 5.41) is 12.0. The molecule has 1 amide bonds. The maximum absolute atomic E-state index is 12.6. The van der Waals surface area contributed by atoms with Crippen LogP contribution in [0.2, 0.25) is 0 Å². The molecule has 6 nitrogen and oxygen atoms in total. The average molecular weight is 367 g/mol. The number of anilines is 1. The van der Waals surface area contributed by atoms with Crippen molar-refractivity contribution in [3.05, 3.63) is 59.8 Å². The molecule has 142 valence electrons. The van der Waals surface area contributed by atoms with Gasteiger partial charge in [0.1, 0.15) is 5.82 Å². The highest BCUT2D eigenvalue weighted by atomic mass is 16.4. The number of amides is 1. The van der Waals surface area contributed by atoms with E-state index in [2.05, 4.69) is 15.2 Å². The summed E-state index contributed by atoms with van der Waals surface area (Å²) < 4.78 is 0. The lowest BCUT2D eigenvalue weighted by molar-refractivity contribution is -0.137. The van der Waals surface area contributed by atoms with E-state index in [4.69, 9.17) is 5.11 Å². The molecule has 1 unspecified atom stereocenters. The molecule has 2 N–H and O–H groups in total. The summed E-state index contributed by atoms with van der Waals surface area (Å²) in [5.74, 6) is -0.391. The number of hydrogen-bond acceptors (Lipinski definition) is 4. The number of aliphatic carboxylic acids is 1. The van der Waals surface area contributed by atoms with Gasteiger partial charge in [-0.05, 0) is 30.5 Å². The molecule has 0 aliphatic carbocycles. The molecule has 0 radical (unpaired) electrons. The van der Waals surface area contributed by atoms with Gasteiger partial charge in [0, 0.05) is 19.3 Å². The molecule has 1 aromatic heterocycles. The van der Waals surface area contributed by atoms with Gasteiger partial charge in [-0.15, -0.1) is 0 Å². The molecule has 1 saturated heterocycles. The van der Waals surface area contributed by atoms with Crippen molar-refractivity contribution in [2.45, 2.75) is 38.1 Å². The van der Waals surface area contributed by atoms with E-state index in [1.54, 1.807) is 12.3 Å². The fourth-order valence-electron chi connectivity index (χ4n) is 3.36. The van der Waals surface area contributed by atoms with Gasteiger partial charge >= 0.3 is 5.97 Å². The number of carbonyl (C=O) groups is 2. The number of carbonyl (C=O) groups excluding carboxylic acids is 1. The van der Waals surface area contributed by atoms with E-state index in [1.165, 1.54) is 12.8 Å². The normalized spacial score (nSPS) is 15.6. The zero-order chi connectivity index (χ0) is 19.1. The van der Waals surface area contributed by atoms with Gasteiger partial charge in [0.15, 0.2) is 0 Å². The van der Waals surface area contributed by atoms with Crippen LogP contribution in [0.15, 0.2) is 48.7 Å². The number of aromatic nitrogens is 1. The van der Waals surface area contributed by atoms with Crippen molar-refractivity contribution in [2.24, 2.45) is 0 Å². The first kappa shape index (κ1) is 18.9. The summed E-state index contributed by atoms with van der Waals surface area (Å²) in [5.41, 5.74) is 1.20. The van der Waals surface area contributed by atoms with Gasteiger partial charge in [0.2, 0.25) is 0 Å². The molecule has 1 fully saturated rings. The highest BCUT2D eigenvalue weighted by molar-refractivity contribution is 5.94. The van der Waals surface area contributed by atoms with E-state index >= 15 is 0 Å². The molecule has 1 aromatic carbocycles. The Hall–Kier alpha value is -2.89. The Morgan fingerprint density at radius 2 is 1.74 bits per heavy atom. The van der Waals surface area contributed by atoms with Gasteiger partial charge in [-0.1, -0.05) is 43.2 Å². The van der Waals surface area contributed by atoms with Crippen molar-refractivity contribution in [2.75, 3.05) is 18.0 Å². The number of carboxylic acids is 1. The fraction of sp³-hybridized carbons (Fsp3) is 0.381. The third kappa shape index (κ3) is 5.29. The van der Waals surface area contributed by atoms with Gasteiger partial charge in [0.25, 0.3) is 5.91 Å². The van der Waals surface area contributed by atoms with Crippen LogP contribution in [0.3, 0.4) is 0 Å². The van der Waals surface area contributed by atoms with Crippen LogP contribution in [0.4, 0.5) is 5.82 Å². The SMILES string of the molecule is O=C(O)CC(NC(=O)c1ccc(N2CCCCCC2)nc1)c1ccccc1. The monoisotopic (exact) mass is 367 g/mol. The van der Waals surface area contributed by atoms with Crippen LogP contribution < -0.4 is 10.2 Å². The quantitative estimate of drug-likeness (QED) is 0.818. The Bertz CT molecular complexity index is 754. The Kier molecular flexibility index (Phi) is 6.41. The minimum Gasteiger partial charge on any atom is -0.481 e. The number of pyridine rings is 1. The molecule has 0 bridgehead atoms. The minimum absolute atomic E-state index is 0.172. The highest BCUT2D eigenvalue weighted by Crippen LogP contribution is 2.19. The zero-order valence-corrected chi connectivity index (χ0v) is 15.3. The lowest BCUT2D eigenvalue weighted by Crippen LogP contribution is -2.30. The second kappa shape index (κ2) is 9.16. The molecular formula is C21H25N3O3. The summed E-state index contributed by atoms with van der Waals surface area (Å²) in [6.07, 6.45) is 6.23. The third-order valence-corrected chi connectivity index (χ3v) is 4.83. The second-order valence-electron chi connectivity index (χ2n) is 6.84. The van der Waals surface area contributed by atoms with Gasteiger partial charge in [-0.2, -0.15) is 0 Å². The van der Waals surface area contributed by atoms with E-state index in [0.29, 0.717) is 5.56 Å². The molecule has 1 aliphatic heterocycles. The Labute approximate surface area is 159 Å². The minimum atomic E-state index is -0.959. The molecule has 0 spiro atoms. The van der Waals surface area contributed by atoms with Gasteiger partial charge in [0.05, 0.1) is 18.0 Å². The zero-order valence-electron chi connectivity index (χ0n) is 15.3. The first-order valence-electron chi connectivity index (χ1n) is 9.42. The molecular weight excluding hydrogens is 342 g/mol. The smallest absolute Gasteiger partial charge is 0.305 e. The number of benzene rings is 1. The average Bonchev–Trinajstić information content (AvgIpc) is 2.97. The van der Waals surface area contributed by atoms with Crippen molar-refractivity contribution < 1.29 is 14.7 Å². The van der Waals surface area contributed by atoms with E-state index in [-0.39, 0.29) is 12.3 Å². The predicted molar refractivity (Wildman–Crippen MR) is 104 cm³/mol. The Balaban J connectivity index is 1.69. The van der Waals surface area contributed by atoms with Crippen molar-refractivity contribution in [1.29, 1.82) is 0 Å². The summed E-state index contributed by atoms with van der Waals surface area (Å²) in [7, 11) is 0. The molecule has 3 rings (SSSR count). The number of carboxylic acid groups (broad SMARTS) is 1. The van der Waals surface area contributed by atoms with Crippen LogP contribution in [0, 0.1) is 0 Å². The lowest BCUT2D eigenvalue weighted by Gasteiger charge is -2.21. The number of nitrogens with one attached hydrogen (secondary N) is 1. The predicted octanol–water partition coefficient (Wildman–Crippen LogP) is 3.41. The summed E-state index contributed by atoms with van der Waals surface area (Å²) in [6.45, 7) is 1.99. The van der Waals surface area contributed by atoms with Crippen LogP contribution in [0.25, 0.3) is 0 Å². The maximum Gasteiger partial charge on any atom is 0.305 e. The molecule has 0 saturated carbocycles. The lowest BCUT2D eigenvalue weighted by atomic mass is 10.0. The van der Waals surface area contributed by atoms with Crippen LogP contribution in [0.1, 0.15) is 54.1 Å². The van der Waals surface area contributed by atoms with Crippen LogP contribution >= 0.6 is 0 Å². The van der Waals surface area contributed by atoms with Crippen molar-refractivity contribution in [3.8, 4) is 0 Å². The van der Waals surface area contributed by atoms with E-state index < -0.39 is 12.0 Å². The molecule has 1 aliphatic rings. The fourth-order valence-corrected chi connectivity index (χ4v) is 3.36. The van der Waals surface area contributed by atoms with Crippen molar-refractivity contribution >= 4 is 17.7 Å². The summed E-state index contributed by atoms with van der Waals surface area (Å²) in [6, 6.07) is 12.2. The van der Waals surface area contributed by atoms with Gasteiger partial charge < -0.3 is 15.3 Å². The first-order valence-corrected chi connectivity index (χ1v) is 9.42. The molecule has 2 heterocycles. The van der Waals surface area contributed by atoms with E-state index in [1.807, 2.05) is 36.4 Å². The second-order valence-corrected chi connectivity index (χ2v) is 6.84. The highest BCUT2D eigenvalue weighted by Gasteiger charge is 2.19. The first-order chi connectivity index (χ1) is 13.1. The Morgan fingerprint density at radius 1 is 1.04 bits per heavy atom. The molecule has 2 aromatic rings. The molecule has 6 heteroatoms.